The summed E-state index contributed by atoms with van der Waals surface area (Å²) >= 11 is 7.22. The maximum Gasteiger partial charge on any atom is 0.347 e. The number of nitrogens with zero attached hydrogens (tertiary/aromatic N) is 1. The lowest BCUT2D eigenvalue weighted by Crippen LogP contribution is -1.97. The van der Waals surface area contributed by atoms with Gasteiger partial charge >= 0.3 is 5.97 Å². The summed E-state index contributed by atoms with van der Waals surface area (Å²) in [5.74, 6) is -0.364. The van der Waals surface area contributed by atoms with Crippen molar-refractivity contribution in [2.45, 2.75) is 13.3 Å². The number of thiazole rings is 1. The van der Waals surface area contributed by atoms with Crippen LogP contribution in [0.4, 0.5) is 0 Å². The van der Waals surface area contributed by atoms with E-state index in [2.05, 4.69) is 4.98 Å². The number of aromatic carboxylic acids is 1. The standard InChI is InChI=1S/C13H12ClNO3S/c1-3-9-11(13(16)17)19-12(15-9)7-4-5-10(18-2)8(14)6-7/h4-6H,3H2,1-2H3,(H,16,17). The summed E-state index contributed by atoms with van der Waals surface area (Å²) in [6, 6.07) is 5.28. The van der Waals surface area contributed by atoms with E-state index < -0.39 is 5.97 Å². The van der Waals surface area contributed by atoms with E-state index in [-0.39, 0.29) is 4.88 Å². The Morgan fingerprint density at radius 1 is 1.53 bits per heavy atom. The third-order valence-electron chi connectivity index (χ3n) is 2.63. The van der Waals surface area contributed by atoms with Crippen LogP contribution in [0.1, 0.15) is 22.3 Å². The molecule has 0 fully saturated rings. The first-order valence-corrected chi connectivity index (χ1v) is 6.83. The van der Waals surface area contributed by atoms with Crippen LogP contribution >= 0.6 is 22.9 Å². The van der Waals surface area contributed by atoms with E-state index in [1.54, 1.807) is 19.2 Å². The van der Waals surface area contributed by atoms with Crippen molar-refractivity contribution in [2.24, 2.45) is 0 Å². The molecule has 19 heavy (non-hydrogen) atoms. The molecule has 4 nitrogen and oxygen atoms in total. The van der Waals surface area contributed by atoms with Crippen molar-refractivity contribution in [2.75, 3.05) is 7.11 Å². The van der Waals surface area contributed by atoms with Gasteiger partial charge in [-0.2, -0.15) is 0 Å². The number of aromatic nitrogens is 1. The van der Waals surface area contributed by atoms with Gasteiger partial charge in [0.15, 0.2) is 0 Å². The minimum Gasteiger partial charge on any atom is -0.495 e. The van der Waals surface area contributed by atoms with Crippen LogP contribution in [0.2, 0.25) is 5.02 Å². The fourth-order valence-corrected chi connectivity index (χ4v) is 2.93. The number of halogens is 1. The van der Waals surface area contributed by atoms with E-state index in [0.29, 0.717) is 27.9 Å². The van der Waals surface area contributed by atoms with Gasteiger partial charge in [-0.25, -0.2) is 9.78 Å². The molecule has 0 aliphatic rings. The molecule has 0 spiro atoms. The molecule has 0 saturated carbocycles. The number of rotatable bonds is 4. The van der Waals surface area contributed by atoms with Gasteiger partial charge in [-0.1, -0.05) is 18.5 Å². The summed E-state index contributed by atoms with van der Waals surface area (Å²) in [7, 11) is 1.54. The molecular formula is C13H12ClNO3S. The predicted molar refractivity (Wildman–Crippen MR) is 75.4 cm³/mol. The average molecular weight is 298 g/mol. The van der Waals surface area contributed by atoms with Gasteiger partial charge in [-0.3, -0.25) is 0 Å². The minimum absolute atomic E-state index is 0.282. The van der Waals surface area contributed by atoms with Gasteiger partial charge in [-0.15, -0.1) is 11.3 Å². The van der Waals surface area contributed by atoms with E-state index in [1.807, 2.05) is 13.0 Å². The molecule has 1 heterocycles. The molecule has 0 aliphatic heterocycles. The van der Waals surface area contributed by atoms with Gasteiger partial charge < -0.3 is 9.84 Å². The first-order valence-electron chi connectivity index (χ1n) is 5.63. The lowest BCUT2D eigenvalue weighted by atomic mass is 10.2. The molecule has 0 aliphatic carbocycles. The van der Waals surface area contributed by atoms with Crippen LogP contribution in [0.3, 0.4) is 0 Å². The Hall–Kier alpha value is -1.59. The summed E-state index contributed by atoms with van der Waals surface area (Å²) in [6.07, 6.45) is 0.585. The fourth-order valence-electron chi connectivity index (χ4n) is 1.68. The molecule has 0 bridgehead atoms. The highest BCUT2D eigenvalue weighted by molar-refractivity contribution is 7.17. The number of hydrogen-bond donors (Lipinski definition) is 1. The quantitative estimate of drug-likeness (QED) is 0.934. The lowest BCUT2D eigenvalue weighted by molar-refractivity contribution is 0.0701. The van der Waals surface area contributed by atoms with E-state index in [0.717, 1.165) is 16.9 Å². The Labute approximate surface area is 119 Å². The van der Waals surface area contributed by atoms with Crippen LogP contribution in [-0.4, -0.2) is 23.2 Å². The first-order chi connectivity index (χ1) is 9.06. The molecule has 1 aromatic carbocycles. The Kier molecular flexibility index (Phi) is 4.07. The van der Waals surface area contributed by atoms with Crippen molar-refractivity contribution >= 4 is 28.9 Å². The van der Waals surface area contributed by atoms with Crippen LogP contribution in [-0.2, 0) is 6.42 Å². The molecule has 1 N–H and O–H groups in total. The van der Waals surface area contributed by atoms with Crippen LogP contribution < -0.4 is 4.74 Å². The van der Waals surface area contributed by atoms with Gasteiger partial charge in [0.05, 0.1) is 17.8 Å². The summed E-state index contributed by atoms with van der Waals surface area (Å²) in [6.45, 7) is 1.88. The van der Waals surface area contributed by atoms with Gasteiger partial charge in [0.2, 0.25) is 0 Å². The molecule has 0 atom stereocenters. The maximum absolute atomic E-state index is 11.1. The molecule has 1 aromatic heterocycles. The number of hydrogen-bond acceptors (Lipinski definition) is 4. The Balaban J connectivity index is 2.47. The monoisotopic (exact) mass is 297 g/mol. The van der Waals surface area contributed by atoms with Crippen molar-refractivity contribution in [3.63, 3.8) is 0 Å². The van der Waals surface area contributed by atoms with Gasteiger partial charge in [-0.05, 0) is 24.6 Å². The molecule has 100 valence electrons. The van der Waals surface area contributed by atoms with Crippen LogP contribution in [0, 0.1) is 0 Å². The number of carbonyl (C=O) groups is 1. The zero-order chi connectivity index (χ0) is 14.0. The van der Waals surface area contributed by atoms with E-state index in [9.17, 15) is 4.79 Å². The zero-order valence-electron chi connectivity index (χ0n) is 10.4. The Morgan fingerprint density at radius 2 is 2.26 bits per heavy atom. The van der Waals surface area contributed by atoms with Crippen molar-refractivity contribution in [3.8, 4) is 16.3 Å². The van der Waals surface area contributed by atoms with E-state index in [1.165, 1.54) is 0 Å². The number of carboxylic acids is 1. The predicted octanol–water partition coefficient (Wildman–Crippen LogP) is 3.73. The van der Waals surface area contributed by atoms with Crippen molar-refractivity contribution < 1.29 is 14.6 Å². The smallest absolute Gasteiger partial charge is 0.347 e. The zero-order valence-corrected chi connectivity index (χ0v) is 12.0. The first kappa shape index (κ1) is 13.8. The largest absolute Gasteiger partial charge is 0.495 e. The molecule has 6 heteroatoms. The highest BCUT2D eigenvalue weighted by Gasteiger charge is 2.17. The summed E-state index contributed by atoms with van der Waals surface area (Å²) in [4.78, 5) is 15.8. The fraction of sp³-hybridized carbons (Fsp3) is 0.231. The third-order valence-corrected chi connectivity index (χ3v) is 4.06. The lowest BCUT2D eigenvalue weighted by Gasteiger charge is -2.03. The van der Waals surface area contributed by atoms with Crippen molar-refractivity contribution in [3.05, 3.63) is 33.8 Å². The average Bonchev–Trinajstić information content (AvgIpc) is 2.83. The molecule has 0 amide bonds. The number of carboxylic acid groups (broad SMARTS) is 1. The van der Waals surface area contributed by atoms with Gasteiger partial charge in [0, 0.05) is 5.56 Å². The highest BCUT2D eigenvalue weighted by Crippen LogP contribution is 2.33. The van der Waals surface area contributed by atoms with Gasteiger partial charge in [0.1, 0.15) is 15.6 Å². The molecule has 2 aromatic rings. The van der Waals surface area contributed by atoms with Crippen molar-refractivity contribution in [1.82, 2.24) is 4.98 Å². The number of methoxy groups -OCH3 is 1. The maximum atomic E-state index is 11.1. The van der Waals surface area contributed by atoms with E-state index in [4.69, 9.17) is 21.4 Å². The molecule has 0 saturated heterocycles. The van der Waals surface area contributed by atoms with Crippen LogP contribution in [0.15, 0.2) is 18.2 Å². The second-order valence-corrected chi connectivity index (χ2v) is 5.21. The molecule has 0 radical (unpaired) electrons. The third kappa shape index (κ3) is 2.72. The molecule has 0 unspecified atom stereocenters. The van der Waals surface area contributed by atoms with Crippen LogP contribution in [0.5, 0.6) is 5.75 Å². The Morgan fingerprint density at radius 3 is 2.74 bits per heavy atom. The van der Waals surface area contributed by atoms with E-state index >= 15 is 0 Å². The summed E-state index contributed by atoms with van der Waals surface area (Å²) in [5.41, 5.74) is 1.39. The highest BCUT2D eigenvalue weighted by atomic mass is 35.5. The Bertz CT molecular complexity index is 624. The van der Waals surface area contributed by atoms with Crippen LogP contribution in [0.25, 0.3) is 10.6 Å². The second kappa shape index (κ2) is 5.59. The number of ether oxygens (including phenoxy) is 1. The normalized spacial score (nSPS) is 10.5. The molecule has 2 rings (SSSR count). The number of aryl methyl sites for hydroxylation is 1. The minimum atomic E-state index is -0.944. The second-order valence-electron chi connectivity index (χ2n) is 3.80. The van der Waals surface area contributed by atoms with Crippen molar-refractivity contribution in [1.29, 1.82) is 0 Å². The number of benzene rings is 1. The summed E-state index contributed by atoms with van der Waals surface area (Å²) < 4.78 is 5.08. The van der Waals surface area contributed by atoms with Gasteiger partial charge in [0.25, 0.3) is 0 Å². The topological polar surface area (TPSA) is 59.4 Å². The SMILES string of the molecule is CCc1nc(-c2ccc(OC)c(Cl)c2)sc1C(=O)O. The molecular weight excluding hydrogens is 286 g/mol. The summed E-state index contributed by atoms with van der Waals surface area (Å²) in [5, 5.41) is 10.2.